The van der Waals surface area contributed by atoms with Gasteiger partial charge in [-0.2, -0.15) is 0 Å². The molecule has 0 aliphatic carbocycles. The van der Waals surface area contributed by atoms with Gasteiger partial charge in [0.05, 0.1) is 15.1 Å². The van der Waals surface area contributed by atoms with Crippen molar-refractivity contribution in [3.63, 3.8) is 0 Å². The third-order valence-corrected chi connectivity index (χ3v) is 1.47. The minimum Gasteiger partial charge on any atom is -0.467 e. The quantitative estimate of drug-likeness (QED) is 0.658. The highest BCUT2D eigenvalue weighted by molar-refractivity contribution is 5.70. The smallest absolute Gasteiger partial charge is 0.331 e. The fraction of sp³-hybridized carbons (Fsp3) is 0.300. The van der Waals surface area contributed by atoms with E-state index in [4.69, 9.17) is 6.11 Å². The number of rotatable bonds is 4. The molecular weight excluding hydrogens is 168 g/mol. The van der Waals surface area contributed by atoms with E-state index >= 15 is 0 Å². The van der Waals surface area contributed by atoms with Gasteiger partial charge >= 0.3 is 5.97 Å². The molecule has 70 valence electrons. The van der Waals surface area contributed by atoms with E-state index in [-0.39, 0.29) is 6.61 Å². The highest BCUT2D eigenvalue weighted by Gasteiger charge is 1.99. The van der Waals surface area contributed by atoms with Gasteiger partial charge in [-0.3, -0.25) is 0 Å². The van der Waals surface area contributed by atoms with Crippen LogP contribution >= 0.6 is 0 Å². The van der Waals surface area contributed by atoms with Crippen molar-refractivity contribution in [2.24, 2.45) is 0 Å². The summed E-state index contributed by atoms with van der Waals surface area (Å²) < 4.78 is 16.6. The summed E-state index contributed by atoms with van der Waals surface area (Å²) in [5, 5.41) is 0. The molecule has 0 aromatic heterocycles. The molecule has 1 rings (SSSR count). The van der Waals surface area contributed by atoms with Crippen LogP contribution in [-0.2, 0) is 20.9 Å². The van der Waals surface area contributed by atoms with E-state index in [1.807, 2.05) is 30.3 Å². The van der Waals surface area contributed by atoms with E-state index in [2.05, 4.69) is 4.74 Å². The molecular formula is C10H12O3. The fourth-order valence-electron chi connectivity index (χ4n) is 0.828. The molecule has 0 heterocycles. The van der Waals surface area contributed by atoms with E-state index in [1.165, 1.54) is 7.11 Å². The summed E-state index contributed by atoms with van der Waals surface area (Å²) in [5.41, 5.74) is 0.925. The molecule has 0 saturated carbocycles. The van der Waals surface area contributed by atoms with E-state index in [9.17, 15) is 4.79 Å². The summed E-state index contributed by atoms with van der Waals surface area (Å²) in [6.45, 7) is -1.02. The SMILES string of the molecule is [2H]C(OCc1ccccc1)C(=O)OC. The maximum absolute atomic E-state index is 10.8. The summed E-state index contributed by atoms with van der Waals surface area (Å²) in [7, 11) is 1.23. The van der Waals surface area contributed by atoms with Crippen LogP contribution in [0.15, 0.2) is 30.3 Å². The molecule has 1 atom stereocenters. The number of hydrogen-bond donors (Lipinski definition) is 0. The van der Waals surface area contributed by atoms with E-state index in [0.29, 0.717) is 0 Å². The van der Waals surface area contributed by atoms with Crippen molar-refractivity contribution in [3.8, 4) is 0 Å². The van der Waals surface area contributed by atoms with Crippen LogP contribution in [0.5, 0.6) is 0 Å². The Morgan fingerprint density at radius 1 is 1.46 bits per heavy atom. The van der Waals surface area contributed by atoms with Gasteiger partial charge in [0.25, 0.3) is 0 Å². The van der Waals surface area contributed by atoms with Gasteiger partial charge in [-0.25, -0.2) is 4.79 Å². The highest BCUT2D eigenvalue weighted by Crippen LogP contribution is 1.99. The van der Waals surface area contributed by atoms with Crippen LogP contribution < -0.4 is 0 Å². The number of carbonyl (C=O) groups is 1. The molecule has 0 N–H and O–H groups in total. The van der Waals surface area contributed by atoms with Gasteiger partial charge in [0, 0.05) is 0 Å². The van der Waals surface area contributed by atoms with Gasteiger partial charge < -0.3 is 9.47 Å². The average Bonchev–Trinajstić information content (AvgIpc) is 2.26. The van der Waals surface area contributed by atoms with Crippen molar-refractivity contribution in [1.29, 1.82) is 0 Å². The first-order valence-corrected chi connectivity index (χ1v) is 3.89. The van der Waals surface area contributed by atoms with E-state index < -0.39 is 12.6 Å². The second-order valence-electron chi connectivity index (χ2n) is 2.44. The first-order valence-electron chi connectivity index (χ1n) is 4.47. The summed E-state index contributed by atoms with van der Waals surface area (Å²) in [6.07, 6.45) is 0. The lowest BCUT2D eigenvalue weighted by molar-refractivity contribution is -0.146. The van der Waals surface area contributed by atoms with Crippen molar-refractivity contribution in [3.05, 3.63) is 35.9 Å². The molecule has 1 aromatic carbocycles. The van der Waals surface area contributed by atoms with Crippen molar-refractivity contribution >= 4 is 5.97 Å². The predicted octanol–water partition coefficient (Wildman–Crippen LogP) is 1.38. The number of benzene rings is 1. The standard InChI is InChI=1S/C10H12O3/c1-12-10(11)8-13-7-9-5-3-2-4-6-9/h2-6H,7-8H2,1H3/i8D. The number of methoxy groups -OCH3 is 1. The molecule has 3 heteroatoms. The second kappa shape index (κ2) is 5.32. The van der Waals surface area contributed by atoms with Gasteiger partial charge in [-0.1, -0.05) is 30.3 Å². The Labute approximate surface area is 78.7 Å². The molecule has 0 bridgehead atoms. The summed E-state index contributed by atoms with van der Waals surface area (Å²) in [5.74, 6) is -0.680. The first-order chi connectivity index (χ1) is 6.74. The molecule has 0 spiro atoms. The van der Waals surface area contributed by atoms with Crippen LogP contribution in [0, 0.1) is 0 Å². The van der Waals surface area contributed by atoms with Crippen LogP contribution in [0.2, 0.25) is 0 Å². The van der Waals surface area contributed by atoms with Gasteiger partial charge in [0.15, 0.2) is 0 Å². The average molecular weight is 181 g/mol. The number of ether oxygens (including phenoxy) is 2. The van der Waals surface area contributed by atoms with E-state index in [0.717, 1.165) is 5.56 Å². The zero-order valence-corrected chi connectivity index (χ0v) is 7.40. The highest BCUT2D eigenvalue weighted by atomic mass is 16.6. The van der Waals surface area contributed by atoms with Crippen molar-refractivity contribution in [1.82, 2.24) is 0 Å². The molecule has 13 heavy (non-hydrogen) atoms. The predicted molar refractivity (Wildman–Crippen MR) is 48.1 cm³/mol. The molecule has 0 saturated heterocycles. The maximum Gasteiger partial charge on any atom is 0.331 e. The zero-order valence-electron chi connectivity index (χ0n) is 8.40. The Kier molecular flexibility index (Phi) is 3.38. The summed E-state index contributed by atoms with van der Waals surface area (Å²) >= 11 is 0. The lowest BCUT2D eigenvalue weighted by atomic mass is 10.2. The normalized spacial score (nSPS) is 13.2. The van der Waals surface area contributed by atoms with Gasteiger partial charge in [-0.15, -0.1) is 0 Å². The third kappa shape index (κ3) is 3.71. The fourth-order valence-corrected chi connectivity index (χ4v) is 0.828. The Bertz CT molecular complexity index is 287. The summed E-state index contributed by atoms with van der Waals surface area (Å²) in [4.78, 5) is 10.8. The molecule has 0 aliphatic rings. The monoisotopic (exact) mass is 181 g/mol. The van der Waals surface area contributed by atoms with Crippen molar-refractivity contribution < 1.29 is 15.6 Å². The Balaban J connectivity index is 2.38. The van der Waals surface area contributed by atoms with Crippen LogP contribution in [0.3, 0.4) is 0 Å². The van der Waals surface area contributed by atoms with Crippen LogP contribution in [-0.4, -0.2) is 19.7 Å². The second-order valence-corrected chi connectivity index (χ2v) is 2.44. The van der Waals surface area contributed by atoms with Gasteiger partial charge in [-0.05, 0) is 5.56 Å². The molecule has 1 aromatic rings. The molecule has 0 amide bonds. The Morgan fingerprint density at radius 3 is 2.77 bits per heavy atom. The first kappa shape index (κ1) is 8.26. The molecule has 0 fully saturated rings. The van der Waals surface area contributed by atoms with Crippen LogP contribution in [0.25, 0.3) is 0 Å². The molecule has 1 unspecified atom stereocenters. The molecule has 0 radical (unpaired) electrons. The molecule has 3 nitrogen and oxygen atoms in total. The number of esters is 1. The number of carbonyl (C=O) groups excluding carboxylic acids is 1. The zero-order chi connectivity index (χ0) is 10.4. The van der Waals surface area contributed by atoms with Gasteiger partial charge in [0.1, 0.15) is 6.58 Å². The van der Waals surface area contributed by atoms with Crippen molar-refractivity contribution in [2.75, 3.05) is 13.7 Å². The number of hydrogen-bond acceptors (Lipinski definition) is 3. The van der Waals surface area contributed by atoms with Crippen molar-refractivity contribution in [2.45, 2.75) is 6.61 Å². The lowest BCUT2D eigenvalue weighted by Crippen LogP contribution is -2.09. The minimum atomic E-state index is -1.26. The Morgan fingerprint density at radius 2 is 2.15 bits per heavy atom. The topological polar surface area (TPSA) is 35.5 Å². The Hall–Kier alpha value is -1.35. The largest absolute Gasteiger partial charge is 0.467 e. The van der Waals surface area contributed by atoms with E-state index in [1.54, 1.807) is 0 Å². The summed E-state index contributed by atoms with van der Waals surface area (Å²) in [6, 6.07) is 9.36. The third-order valence-electron chi connectivity index (χ3n) is 1.47. The maximum atomic E-state index is 10.8. The lowest BCUT2D eigenvalue weighted by Gasteiger charge is -2.02. The van der Waals surface area contributed by atoms with Gasteiger partial charge in [0.2, 0.25) is 0 Å². The van der Waals surface area contributed by atoms with Crippen LogP contribution in [0.4, 0.5) is 0 Å². The molecule has 0 aliphatic heterocycles. The minimum absolute atomic E-state index is 0.240. The van der Waals surface area contributed by atoms with Crippen LogP contribution in [0.1, 0.15) is 6.93 Å².